The van der Waals surface area contributed by atoms with Crippen molar-refractivity contribution >= 4 is 64.4 Å². The molecular weight excluding hydrogens is 531 g/mol. The number of nitrogens with zero attached hydrogens (tertiary/aromatic N) is 3. The van der Waals surface area contributed by atoms with Crippen LogP contribution in [0.15, 0.2) is 33.8 Å². The molecule has 1 fully saturated rings. The third-order valence-corrected chi connectivity index (χ3v) is 9.47. The zero-order valence-electron chi connectivity index (χ0n) is 18.8. The number of phenolic OH excluding ortho intramolecular Hbond substituents is 1. The van der Waals surface area contributed by atoms with Crippen molar-refractivity contribution in [3.8, 4) is 5.75 Å². The van der Waals surface area contributed by atoms with Gasteiger partial charge < -0.3 is 21.3 Å². The van der Waals surface area contributed by atoms with Gasteiger partial charge in [0.15, 0.2) is 4.34 Å². The van der Waals surface area contributed by atoms with Gasteiger partial charge in [-0.25, -0.2) is 4.79 Å². The molecule has 0 radical (unpaired) electrons. The predicted octanol–water partition coefficient (Wildman–Crippen LogP) is 1.95. The molecule has 0 spiro atoms. The molecule has 0 bridgehead atoms. The molecule has 3 atom stereocenters. The largest absolute Gasteiger partial charge is 0.508 e. The van der Waals surface area contributed by atoms with Crippen LogP contribution in [0, 0.1) is 6.92 Å². The molecule has 2 aliphatic rings. The maximum atomic E-state index is 12.9. The number of rotatable bonds is 9. The Hall–Kier alpha value is -2.26. The fourth-order valence-electron chi connectivity index (χ4n) is 3.74. The monoisotopic (exact) mass is 553 g/mol. The Morgan fingerprint density at radius 3 is 2.77 bits per heavy atom. The van der Waals surface area contributed by atoms with Crippen molar-refractivity contribution in [2.75, 3.05) is 17.8 Å². The molecule has 2 amide bonds. The quantitative estimate of drug-likeness (QED) is 0.266. The minimum Gasteiger partial charge on any atom is -0.508 e. The summed E-state index contributed by atoms with van der Waals surface area (Å²) in [5.74, 6) is -0.730. The van der Waals surface area contributed by atoms with Gasteiger partial charge in [0, 0.05) is 22.8 Å². The summed E-state index contributed by atoms with van der Waals surface area (Å²) < 4.78 is 0.732. The lowest BCUT2D eigenvalue weighted by Crippen LogP contribution is -2.71. The molecule has 4 rings (SSSR count). The molecule has 5 N–H and O–H groups in total. The van der Waals surface area contributed by atoms with Gasteiger partial charge in [0.05, 0.1) is 0 Å². The van der Waals surface area contributed by atoms with Gasteiger partial charge in [-0.3, -0.25) is 14.5 Å². The number of phenols is 1. The first-order valence-electron chi connectivity index (χ1n) is 10.4. The average molecular weight is 554 g/mol. The molecule has 0 saturated carbocycles. The molecule has 10 nitrogen and oxygen atoms in total. The molecule has 0 aliphatic carbocycles. The summed E-state index contributed by atoms with van der Waals surface area (Å²) in [5.41, 5.74) is 7.90. The van der Waals surface area contributed by atoms with Crippen molar-refractivity contribution in [1.82, 2.24) is 20.4 Å². The number of carbonyl (C=O) groups is 3. The lowest BCUT2D eigenvalue weighted by Gasteiger charge is -2.49. The first kappa shape index (κ1) is 25.8. The topological polar surface area (TPSA) is 159 Å². The van der Waals surface area contributed by atoms with Crippen LogP contribution in [-0.2, 0) is 20.1 Å². The van der Waals surface area contributed by atoms with E-state index in [1.807, 2.05) is 13.2 Å². The highest BCUT2D eigenvalue weighted by atomic mass is 32.2. The van der Waals surface area contributed by atoms with E-state index in [2.05, 4.69) is 15.5 Å². The number of carbonyl (C=O) groups excluding carboxylic acids is 2. The highest BCUT2D eigenvalue weighted by Gasteiger charge is 2.54. The molecule has 2 aliphatic heterocycles. The zero-order valence-corrected chi connectivity index (χ0v) is 22.0. The second kappa shape index (κ2) is 10.8. The van der Waals surface area contributed by atoms with Gasteiger partial charge in [-0.2, -0.15) is 11.8 Å². The number of aromatic nitrogens is 2. The summed E-state index contributed by atoms with van der Waals surface area (Å²) in [7, 11) is 0. The SMILES string of the molecule is CSCc1cc(C(N)C(=O)NC2C(=O)N3C(C(=O)O)=C(CSc4nnc(C)s4)CSC23)ccc1O. The van der Waals surface area contributed by atoms with Gasteiger partial charge >= 0.3 is 5.97 Å². The van der Waals surface area contributed by atoms with Crippen LogP contribution in [0.5, 0.6) is 5.75 Å². The summed E-state index contributed by atoms with van der Waals surface area (Å²) in [5, 5.41) is 30.8. The second-order valence-corrected chi connectivity index (χ2v) is 12.2. The number of nitrogens with two attached hydrogens (primary N) is 1. The van der Waals surface area contributed by atoms with E-state index in [4.69, 9.17) is 5.73 Å². The third-order valence-electron chi connectivity index (χ3n) is 5.47. The number of hydrogen-bond donors (Lipinski definition) is 4. The molecular formula is C21H23N5O5S4. The molecule has 186 valence electrons. The maximum absolute atomic E-state index is 12.9. The third kappa shape index (κ3) is 5.31. The normalized spacial score (nSPS) is 20.3. The Bertz CT molecular complexity index is 1200. The maximum Gasteiger partial charge on any atom is 0.352 e. The number of aliphatic carboxylic acids is 1. The highest BCUT2D eigenvalue weighted by molar-refractivity contribution is 8.01. The first-order valence-corrected chi connectivity index (χ1v) is 14.6. The number of carboxylic acid groups (broad SMARTS) is 1. The van der Waals surface area contributed by atoms with Crippen LogP contribution in [0.25, 0.3) is 0 Å². The molecule has 1 aromatic heterocycles. The van der Waals surface area contributed by atoms with Crippen molar-refractivity contribution in [2.45, 2.75) is 34.5 Å². The smallest absolute Gasteiger partial charge is 0.352 e. The van der Waals surface area contributed by atoms with Gasteiger partial charge in [-0.15, -0.1) is 22.0 Å². The van der Waals surface area contributed by atoms with Crippen molar-refractivity contribution < 1.29 is 24.6 Å². The van der Waals surface area contributed by atoms with E-state index in [-0.39, 0.29) is 11.4 Å². The van der Waals surface area contributed by atoms with Crippen LogP contribution >= 0.6 is 46.6 Å². The van der Waals surface area contributed by atoms with E-state index < -0.39 is 35.2 Å². The van der Waals surface area contributed by atoms with Crippen LogP contribution in [0.2, 0.25) is 0 Å². The van der Waals surface area contributed by atoms with Crippen LogP contribution < -0.4 is 11.1 Å². The first-order chi connectivity index (χ1) is 16.7. The molecule has 3 unspecified atom stereocenters. The van der Waals surface area contributed by atoms with E-state index in [0.29, 0.717) is 34.0 Å². The zero-order chi connectivity index (χ0) is 25.3. The number of nitrogens with one attached hydrogen (secondary N) is 1. The fraction of sp³-hybridized carbons (Fsp3) is 0.381. The van der Waals surface area contributed by atoms with E-state index in [9.17, 15) is 24.6 Å². The predicted molar refractivity (Wildman–Crippen MR) is 137 cm³/mol. The van der Waals surface area contributed by atoms with E-state index in [1.54, 1.807) is 12.1 Å². The van der Waals surface area contributed by atoms with Gasteiger partial charge in [-0.05, 0) is 36.4 Å². The molecule has 1 saturated heterocycles. The van der Waals surface area contributed by atoms with Crippen molar-refractivity contribution in [3.05, 3.63) is 45.6 Å². The Kier molecular flexibility index (Phi) is 7.96. The Morgan fingerprint density at radius 1 is 1.34 bits per heavy atom. The van der Waals surface area contributed by atoms with Gasteiger partial charge in [-0.1, -0.05) is 29.2 Å². The summed E-state index contributed by atoms with van der Waals surface area (Å²) in [6, 6.07) is 2.84. The van der Waals surface area contributed by atoms with E-state index >= 15 is 0 Å². The second-order valence-electron chi connectivity index (χ2n) is 7.83. The van der Waals surface area contributed by atoms with Crippen LogP contribution in [0.3, 0.4) is 0 Å². The number of aromatic hydroxyl groups is 1. The summed E-state index contributed by atoms with van der Waals surface area (Å²) >= 11 is 5.73. The van der Waals surface area contributed by atoms with Gasteiger partial charge in [0.1, 0.15) is 33.9 Å². The molecule has 1 aromatic carbocycles. The number of amides is 2. The van der Waals surface area contributed by atoms with Crippen LogP contribution in [0.1, 0.15) is 22.2 Å². The average Bonchev–Trinajstić information content (AvgIpc) is 3.26. The Morgan fingerprint density at radius 2 is 2.11 bits per heavy atom. The van der Waals surface area contributed by atoms with Crippen molar-refractivity contribution in [1.29, 1.82) is 0 Å². The Balaban J connectivity index is 1.44. The molecule has 14 heteroatoms. The molecule has 2 aromatic rings. The number of β-lactam (4-membered cyclic amide) rings is 1. The summed E-state index contributed by atoms with van der Waals surface area (Å²) in [6.07, 6.45) is 1.90. The van der Waals surface area contributed by atoms with Crippen molar-refractivity contribution in [2.24, 2.45) is 5.73 Å². The lowest BCUT2D eigenvalue weighted by atomic mass is 10.0. The highest BCUT2D eigenvalue weighted by Crippen LogP contribution is 2.42. The number of thioether (sulfide) groups is 3. The summed E-state index contributed by atoms with van der Waals surface area (Å²) in [6.45, 7) is 1.84. The van der Waals surface area contributed by atoms with Gasteiger partial charge in [0.25, 0.3) is 5.91 Å². The number of carboxylic acids is 1. The van der Waals surface area contributed by atoms with Gasteiger partial charge in [0.2, 0.25) is 5.91 Å². The molecule has 3 heterocycles. The minimum absolute atomic E-state index is 0.0393. The number of hydrogen-bond acceptors (Lipinski definition) is 11. The number of benzene rings is 1. The standard InChI is InChI=1S/C21H23N5O5S4/c1-9-24-25-21(35-9)34-8-12-7-33-19-15(18(29)26(19)16(12)20(30)31)23-17(28)14(22)10-3-4-13(27)11(5-10)6-32-2/h3-5,14-15,19,27H,6-8,22H2,1-2H3,(H,23,28)(H,30,31). The lowest BCUT2D eigenvalue weighted by molar-refractivity contribution is -0.150. The summed E-state index contributed by atoms with van der Waals surface area (Å²) in [4.78, 5) is 39.0. The van der Waals surface area contributed by atoms with E-state index in [0.717, 1.165) is 9.35 Å². The molecule has 35 heavy (non-hydrogen) atoms. The number of fused-ring (bicyclic) bond motifs is 1. The Labute approximate surface area is 218 Å². The fourth-order valence-corrected chi connectivity index (χ4v) is 7.59. The van der Waals surface area contributed by atoms with Crippen molar-refractivity contribution in [3.63, 3.8) is 0 Å². The minimum atomic E-state index is -1.18. The number of aryl methyl sites for hydroxylation is 1. The van der Waals surface area contributed by atoms with E-state index in [1.165, 1.54) is 57.6 Å². The van der Waals surface area contributed by atoms with Crippen LogP contribution in [0.4, 0.5) is 0 Å². The van der Waals surface area contributed by atoms with Crippen LogP contribution in [-0.4, -0.2) is 72.3 Å².